The van der Waals surface area contributed by atoms with Crippen molar-refractivity contribution in [1.29, 1.82) is 0 Å². The number of hydrogen-bond acceptors (Lipinski definition) is 4. The number of likely N-dealkylation sites (tertiary alicyclic amines) is 1. The molecule has 0 bridgehead atoms. The highest BCUT2D eigenvalue weighted by atomic mass is 32.1. The van der Waals surface area contributed by atoms with Crippen molar-refractivity contribution in [3.63, 3.8) is 0 Å². The summed E-state index contributed by atoms with van der Waals surface area (Å²) in [5, 5.41) is 9.26. The highest BCUT2D eigenvalue weighted by Gasteiger charge is 2.30. The minimum Gasteiger partial charge on any atom is -0.355 e. The van der Waals surface area contributed by atoms with Crippen LogP contribution in [0.1, 0.15) is 50.4 Å². The fourth-order valence-corrected chi connectivity index (χ4v) is 4.79. The van der Waals surface area contributed by atoms with Gasteiger partial charge in [-0.1, -0.05) is 6.07 Å². The molecule has 5 nitrogen and oxygen atoms in total. The molecule has 1 atom stereocenters. The van der Waals surface area contributed by atoms with Gasteiger partial charge in [0.1, 0.15) is 0 Å². The second-order valence-electron chi connectivity index (χ2n) is 7.72. The highest BCUT2D eigenvalue weighted by Crippen LogP contribution is 2.28. The van der Waals surface area contributed by atoms with E-state index in [1.165, 1.54) is 43.6 Å². The minimum atomic E-state index is 0.453. The second kappa shape index (κ2) is 9.72. The molecule has 146 valence electrons. The van der Waals surface area contributed by atoms with Gasteiger partial charge < -0.3 is 10.6 Å². The molecule has 2 fully saturated rings. The van der Waals surface area contributed by atoms with Crippen LogP contribution in [0.25, 0.3) is 0 Å². The SMILES string of the molecule is CN=C(NCCN(C(C)C)C1CC1)NCC(c1cccs1)N1CCCC1. The van der Waals surface area contributed by atoms with Crippen LogP contribution in [0.2, 0.25) is 0 Å². The standard InChI is InChI=1S/C20H35N5S/c1-16(2)25(17-8-9-17)13-10-22-20(21-3)23-15-18(19-7-6-14-26-19)24-11-4-5-12-24/h6-7,14,16-18H,4-5,8-13,15H2,1-3H3,(H2,21,22,23). The Morgan fingerprint density at radius 3 is 2.65 bits per heavy atom. The van der Waals surface area contributed by atoms with E-state index in [0.717, 1.165) is 31.6 Å². The van der Waals surface area contributed by atoms with E-state index in [0.29, 0.717) is 12.1 Å². The lowest BCUT2D eigenvalue weighted by molar-refractivity contribution is 0.214. The van der Waals surface area contributed by atoms with Gasteiger partial charge in [-0.15, -0.1) is 11.3 Å². The average molecular weight is 378 g/mol. The van der Waals surface area contributed by atoms with Crippen LogP contribution >= 0.6 is 11.3 Å². The van der Waals surface area contributed by atoms with E-state index in [-0.39, 0.29) is 0 Å². The third-order valence-corrected chi connectivity index (χ3v) is 6.45. The van der Waals surface area contributed by atoms with Crippen molar-refractivity contribution in [3.8, 4) is 0 Å². The number of aliphatic imine (C=N–C) groups is 1. The monoisotopic (exact) mass is 377 g/mol. The quantitative estimate of drug-likeness (QED) is 0.513. The van der Waals surface area contributed by atoms with Crippen molar-refractivity contribution in [2.45, 2.75) is 57.7 Å². The molecule has 2 N–H and O–H groups in total. The van der Waals surface area contributed by atoms with Crippen molar-refractivity contribution in [3.05, 3.63) is 22.4 Å². The number of hydrogen-bond donors (Lipinski definition) is 2. The van der Waals surface area contributed by atoms with E-state index in [2.05, 4.69) is 56.8 Å². The summed E-state index contributed by atoms with van der Waals surface area (Å²) in [6.45, 7) is 9.96. The Bertz CT molecular complexity index is 545. The lowest BCUT2D eigenvalue weighted by Crippen LogP contribution is -2.46. The van der Waals surface area contributed by atoms with Crippen molar-refractivity contribution in [2.24, 2.45) is 4.99 Å². The normalized spacial score (nSPS) is 20.1. The van der Waals surface area contributed by atoms with Gasteiger partial charge in [-0.3, -0.25) is 14.8 Å². The first-order valence-electron chi connectivity index (χ1n) is 10.2. The van der Waals surface area contributed by atoms with Gasteiger partial charge in [0, 0.05) is 43.6 Å². The highest BCUT2D eigenvalue weighted by molar-refractivity contribution is 7.10. The maximum absolute atomic E-state index is 4.43. The number of guanidine groups is 1. The molecular weight excluding hydrogens is 342 g/mol. The van der Waals surface area contributed by atoms with E-state index in [9.17, 15) is 0 Å². The molecule has 1 aliphatic heterocycles. The molecule has 0 amide bonds. The zero-order valence-corrected chi connectivity index (χ0v) is 17.4. The summed E-state index contributed by atoms with van der Waals surface area (Å²) in [4.78, 5) is 11.1. The van der Waals surface area contributed by atoms with Gasteiger partial charge in [-0.2, -0.15) is 0 Å². The second-order valence-corrected chi connectivity index (χ2v) is 8.70. The number of rotatable bonds is 9. The molecule has 0 radical (unpaired) electrons. The molecule has 26 heavy (non-hydrogen) atoms. The van der Waals surface area contributed by atoms with Crippen LogP contribution in [0.3, 0.4) is 0 Å². The average Bonchev–Trinajstić information content (AvgIpc) is 3.11. The maximum atomic E-state index is 4.43. The molecule has 0 spiro atoms. The largest absolute Gasteiger partial charge is 0.355 e. The van der Waals surface area contributed by atoms with Gasteiger partial charge in [-0.25, -0.2) is 0 Å². The van der Waals surface area contributed by atoms with Crippen LogP contribution in [-0.4, -0.2) is 67.6 Å². The van der Waals surface area contributed by atoms with Gasteiger partial charge in [0.25, 0.3) is 0 Å². The van der Waals surface area contributed by atoms with Crippen LogP contribution in [0, 0.1) is 0 Å². The molecule has 3 rings (SSSR count). The van der Waals surface area contributed by atoms with E-state index < -0.39 is 0 Å². The summed E-state index contributed by atoms with van der Waals surface area (Å²) in [5.41, 5.74) is 0. The molecular formula is C20H35N5S. The fourth-order valence-electron chi connectivity index (χ4n) is 3.93. The van der Waals surface area contributed by atoms with Crippen LogP contribution in [0.5, 0.6) is 0 Å². The van der Waals surface area contributed by atoms with Crippen LogP contribution in [0.4, 0.5) is 0 Å². The predicted octanol–water partition coefficient (Wildman–Crippen LogP) is 2.92. The molecule has 2 heterocycles. The van der Waals surface area contributed by atoms with E-state index in [1.54, 1.807) is 0 Å². The summed E-state index contributed by atoms with van der Waals surface area (Å²) in [6, 6.07) is 6.31. The molecule has 1 aliphatic carbocycles. The Morgan fingerprint density at radius 2 is 2.08 bits per heavy atom. The Morgan fingerprint density at radius 1 is 1.31 bits per heavy atom. The molecule has 1 aromatic rings. The molecule has 0 aromatic carbocycles. The maximum Gasteiger partial charge on any atom is 0.191 e. The van der Waals surface area contributed by atoms with E-state index >= 15 is 0 Å². The summed E-state index contributed by atoms with van der Waals surface area (Å²) in [5.74, 6) is 0.922. The topological polar surface area (TPSA) is 42.9 Å². The van der Waals surface area contributed by atoms with E-state index in [1.807, 2.05) is 18.4 Å². The lowest BCUT2D eigenvalue weighted by Gasteiger charge is -2.28. The van der Waals surface area contributed by atoms with Gasteiger partial charge in [0.2, 0.25) is 0 Å². The summed E-state index contributed by atoms with van der Waals surface area (Å²) < 4.78 is 0. The minimum absolute atomic E-state index is 0.453. The van der Waals surface area contributed by atoms with Crippen LogP contribution in [-0.2, 0) is 0 Å². The van der Waals surface area contributed by atoms with Gasteiger partial charge >= 0.3 is 0 Å². The van der Waals surface area contributed by atoms with Crippen molar-refractivity contribution < 1.29 is 0 Å². The first kappa shape index (κ1) is 19.6. The van der Waals surface area contributed by atoms with Crippen LogP contribution in [0.15, 0.2) is 22.5 Å². The van der Waals surface area contributed by atoms with E-state index in [4.69, 9.17) is 0 Å². The first-order valence-corrected chi connectivity index (χ1v) is 11.0. The molecule has 6 heteroatoms. The Hall–Kier alpha value is -1.11. The van der Waals surface area contributed by atoms with Crippen molar-refractivity contribution >= 4 is 17.3 Å². The summed E-state index contributed by atoms with van der Waals surface area (Å²) >= 11 is 1.86. The van der Waals surface area contributed by atoms with Gasteiger partial charge in [0.05, 0.1) is 6.04 Å². The van der Waals surface area contributed by atoms with Crippen LogP contribution < -0.4 is 10.6 Å². The third-order valence-electron chi connectivity index (χ3n) is 5.48. The third kappa shape index (κ3) is 5.44. The van der Waals surface area contributed by atoms with Gasteiger partial charge in [0.15, 0.2) is 5.96 Å². The fraction of sp³-hybridized carbons (Fsp3) is 0.750. The van der Waals surface area contributed by atoms with Gasteiger partial charge in [-0.05, 0) is 64.1 Å². The predicted molar refractivity (Wildman–Crippen MR) is 112 cm³/mol. The molecule has 1 aromatic heterocycles. The Labute approximate surface area is 162 Å². The molecule has 1 unspecified atom stereocenters. The smallest absolute Gasteiger partial charge is 0.191 e. The Kier molecular flexibility index (Phi) is 7.34. The summed E-state index contributed by atoms with van der Waals surface area (Å²) in [6.07, 6.45) is 5.37. The first-order chi connectivity index (χ1) is 12.7. The zero-order valence-electron chi connectivity index (χ0n) is 16.6. The zero-order chi connectivity index (χ0) is 18.4. The Balaban J connectivity index is 1.47. The summed E-state index contributed by atoms with van der Waals surface area (Å²) in [7, 11) is 1.87. The molecule has 2 aliphatic rings. The lowest BCUT2D eigenvalue weighted by atomic mass is 10.2. The number of nitrogens with one attached hydrogen (secondary N) is 2. The van der Waals surface area contributed by atoms with Crippen molar-refractivity contribution in [1.82, 2.24) is 20.4 Å². The number of nitrogens with zero attached hydrogens (tertiary/aromatic N) is 3. The molecule has 1 saturated carbocycles. The number of thiophene rings is 1. The van der Waals surface area contributed by atoms with Crippen molar-refractivity contribution in [2.75, 3.05) is 39.8 Å². The molecule has 1 saturated heterocycles.